The number of carbonyl (C=O) groups excluding carboxylic acids is 1. The van der Waals surface area contributed by atoms with Gasteiger partial charge in [-0.25, -0.2) is 31.5 Å². The van der Waals surface area contributed by atoms with Crippen LogP contribution in [-0.4, -0.2) is 39.3 Å². The Morgan fingerprint density at radius 1 is 0.905 bits per heavy atom. The zero-order valence-corrected chi connectivity index (χ0v) is 23.9. The molecule has 1 aromatic heterocycles. The quantitative estimate of drug-likeness (QED) is 0.260. The van der Waals surface area contributed by atoms with E-state index < -0.39 is 54.9 Å². The van der Waals surface area contributed by atoms with Gasteiger partial charge in [-0.2, -0.15) is 13.2 Å². The van der Waals surface area contributed by atoms with Crippen LogP contribution in [0, 0.1) is 6.92 Å². The lowest BCUT2D eigenvalue weighted by Crippen LogP contribution is -2.38. The molecule has 0 spiro atoms. The fraction of sp³-hybridized carbons (Fsp3) is 0.115. The largest absolute Gasteiger partial charge is 0.417 e. The first kappa shape index (κ1) is 30.7. The minimum absolute atomic E-state index is 0.0923. The third-order valence-electron chi connectivity index (χ3n) is 5.68. The summed E-state index contributed by atoms with van der Waals surface area (Å²) in [6.07, 6.45) is -2.20. The number of hydrogen-bond donors (Lipinski definition) is 2. The maximum atomic E-state index is 13.6. The lowest BCUT2D eigenvalue weighted by atomic mass is 10.2. The van der Waals surface area contributed by atoms with E-state index in [0.29, 0.717) is 10.4 Å². The summed E-state index contributed by atoms with van der Waals surface area (Å²) in [5.74, 6) is -1.07. The maximum absolute atomic E-state index is 13.6. The average molecular weight is 640 g/mol. The van der Waals surface area contributed by atoms with E-state index in [0.717, 1.165) is 17.7 Å². The van der Waals surface area contributed by atoms with Crippen LogP contribution in [0.4, 0.5) is 30.5 Å². The van der Waals surface area contributed by atoms with E-state index in [9.17, 15) is 34.8 Å². The number of hydrogen-bond acceptors (Lipinski definition) is 7. The molecule has 2 N–H and O–H groups in total. The minimum Gasteiger partial charge on any atom is -0.325 e. The van der Waals surface area contributed by atoms with E-state index in [2.05, 4.69) is 20.0 Å². The van der Waals surface area contributed by atoms with Crippen molar-refractivity contribution in [3.63, 3.8) is 0 Å². The summed E-state index contributed by atoms with van der Waals surface area (Å²) < 4.78 is 95.6. The molecular weight excluding hydrogens is 619 g/mol. The molecule has 4 rings (SSSR count). The maximum Gasteiger partial charge on any atom is 0.417 e. The highest BCUT2D eigenvalue weighted by atomic mass is 35.5. The molecule has 0 saturated heterocycles. The average Bonchev–Trinajstić information content (AvgIpc) is 2.92. The highest BCUT2D eigenvalue weighted by Crippen LogP contribution is 2.38. The van der Waals surface area contributed by atoms with Gasteiger partial charge in [-0.1, -0.05) is 29.3 Å². The zero-order chi connectivity index (χ0) is 30.7. The Bertz CT molecular complexity index is 1810. The normalized spacial score (nSPS) is 12.0. The van der Waals surface area contributed by atoms with Gasteiger partial charge in [0.1, 0.15) is 6.54 Å². The van der Waals surface area contributed by atoms with Gasteiger partial charge in [0.25, 0.3) is 20.0 Å². The number of sulfonamides is 2. The van der Waals surface area contributed by atoms with E-state index in [1.54, 1.807) is 6.92 Å². The van der Waals surface area contributed by atoms with Crippen molar-refractivity contribution in [3.05, 3.63) is 101 Å². The lowest BCUT2D eigenvalue weighted by molar-refractivity contribution is -0.137. The second-order valence-corrected chi connectivity index (χ2v) is 12.7. The molecule has 0 bridgehead atoms. The van der Waals surface area contributed by atoms with Gasteiger partial charge in [-0.15, -0.1) is 0 Å². The number of benzene rings is 3. The van der Waals surface area contributed by atoms with Crippen molar-refractivity contribution >= 4 is 54.9 Å². The lowest BCUT2D eigenvalue weighted by Gasteiger charge is -2.25. The van der Waals surface area contributed by atoms with Gasteiger partial charge in [0.05, 0.1) is 26.1 Å². The van der Waals surface area contributed by atoms with Crippen molar-refractivity contribution in [1.82, 2.24) is 9.97 Å². The van der Waals surface area contributed by atoms with Gasteiger partial charge in [0, 0.05) is 18.1 Å². The minimum atomic E-state index is -4.89. The van der Waals surface area contributed by atoms with Crippen LogP contribution in [0.25, 0.3) is 0 Å². The molecule has 0 fully saturated rings. The molecule has 0 radical (unpaired) electrons. The van der Waals surface area contributed by atoms with Gasteiger partial charge < -0.3 is 5.32 Å². The van der Waals surface area contributed by atoms with Gasteiger partial charge in [-0.05, 0) is 67.6 Å². The fourth-order valence-electron chi connectivity index (χ4n) is 3.62. The Morgan fingerprint density at radius 3 is 2.10 bits per heavy atom. The van der Waals surface area contributed by atoms with Crippen molar-refractivity contribution in [2.75, 3.05) is 20.9 Å². The Kier molecular flexibility index (Phi) is 8.75. The molecule has 0 atom stereocenters. The van der Waals surface area contributed by atoms with Crippen LogP contribution in [0.15, 0.2) is 95.0 Å². The van der Waals surface area contributed by atoms with Crippen LogP contribution in [0.2, 0.25) is 5.02 Å². The van der Waals surface area contributed by atoms with Crippen LogP contribution in [0.1, 0.15) is 11.1 Å². The first-order valence-electron chi connectivity index (χ1n) is 11.8. The van der Waals surface area contributed by atoms with Gasteiger partial charge in [0.2, 0.25) is 11.9 Å². The summed E-state index contributed by atoms with van der Waals surface area (Å²) >= 11 is 5.72. The number of aryl methyl sites for hydroxylation is 1. The van der Waals surface area contributed by atoms with Crippen LogP contribution in [-0.2, 0) is 31.0 Å². The number of anilines is 3. The third kappa shape index (κ3) is 7.16. The summed E-state index contributed by atoms with van der Waals surface area (Å²) in [4.78, 5) is 20.1. The predicted octanol–water partition coefficient (Wildman–Crippen LogP) is 5.09. The first-order valence-corrected chi connectivity index (χ1v) is 15.1. The van der Waals surface area contributed by atoms with Crippen molar-refractivity contribution < 1.29 is 34.8 Å². The summed E-state index contributed by atoms with van der Waals surface area (Å²) in [5.41, 5.74) is -0.897. The summed E-state index contributed by atoms with van der Waals surface area (Å²) in [6.45, 7) is 0.806. The van der Waals surface area contributed by atoms with Crippen LogP contribution in [0.5, 0.6) is 0 Å². The van der Waals surface area contributed by atoms with Gasteiger partial charge in [-0.3, -0.25) is 9.10 Å². The highest BCUT2D eigenvalue weighted by Gasteiger charge is 2.35. The molecule has 42 heavy (non-hydrogen) atoms. The van der Waals surface area contributed by atoms with E-state index in [1.807, 2.05) is 0 Å². The topological polar surface area (TPSA) is 138 Å². The number of carbonyl (C=O) groups is 1. The van der Waals surface area contributed by atoms with E-state index in [4.69, 9.17) is 11.6 Å². The number of amides is 1. The third-order valence-corrected chi connectivity index (χ3v) is 9.14. The predicted molar refractivity (Wildman–Crippen MR) is 150 cm³/mol. The van der Waals surface area contributed by atoms with Crippen LogP contribution >= 0.6 is 11.6 Å². The number of alkyl halides is 3. The molecule has 1 amide bonds. The summed E-state index contributed by atoms with van der Waals surface area (Å²) in [7, 11) is -8.59. The fourth-order valence-corrected chi connectivity index (χ4v) is 6.21. The standard InChI is InChI=1S/C26H21ClF3N5O5S2/c1-17-3-8-21(9-4-17)42(39,40)35(19-7-12-23(27)22(15-19)26(28,29)30)16-24(36)33-18-5-10-20(11-6-18)41(37,38)34-25-31-13-2-14-32-25/h2-15H,16H2,1H3,(H,33,36)(H,31,32,34). The molecular formula is C26H21ClF3N5O5S2. The molecule has 0 aliphatic carbocycles. The van der Waals surface area contributed by atoms with Crippen molar-refractivity contribution in [2.45, 2.75) is 22.9 Å². The SMILES string of the molecule is Cc1ccc(S(=O)(=O)N(CC(=O)Nc2ccc(S(=O)(=O)Nc3ncccn3)cc2)c2ccc(Cl)c(C(F)(F)F)c2)cc1. The molecule has 0 saturated carbocycles. The zero-order valence-electron chi connectivity index (χ0n) is 21.5. The number of nitrogens with zero attached hydrogens (tertiary/aromatic N) is 3. The van der Waals surface area contributed by atoms with Gasteiger partial charge >= 0.3 is 6.18 Å². The van der Waals surface area contributed by atoms with Crippen molar-refractivity contribution in [2.24, 2.45) is 0 Å². The van der Waals surface area contributed by atoms with E-state index >= 15 is 0 Å². The van der Waals surface area contributed by atoms with E-state index in [-0.39, 0.29) is 21.4 Å². The molecule has 0 aliphatic rings. The Morgan fingerprint density at radius 2 is 1.50 bits per heavy atom. The molecule has 10 nitrogen and oxygen atoms in total. The Balaban J connectivity index is 1.61. The van der Waals surface area contributed by atoms with Crippen molar-refractivity contribution in [3.8, 4) is 0 Å². The molecule has 4 aromatic rings. The Labute approximate surface area is 244 Å². The monoisotopic (exact) mass is 639 g/mol. The smallest absolute Gasteiger partial charge is 0.325 e. The van der Waals surface area contributed by atoms with Crippen LogP contribution in [0.3, 0.4) is 0 Å². The molecule has 0 unspecified atom stereocenters. The highest BCUT2D eigenvalue weighted by molar-refractivity contribution is 7.93. The van der Waals surface area contributed by atoms with Crippen molar-refractivity contribution in [1.29, 1.82) is 0 Å². The van der Waals surface area contributed by atoms with E-state index in [1.165, 1.54) is 67.0 Å². The molecule has 0 aliphatic heterocycles. The summed E-state index contributed by atoms with van der Waals surface area (Å²) in [6, 6.07) is 14.4. The molecule has 1 heterocycles. The first-order chi connectivity index (χ1) is 19.7. The molecule has 220 valence electrons. The van der Waals surface area contributed by atoms with Gasteiger partial charge in [0.15, 0.2) is 0 Å². The molecule has 16 heteroatoms. The number of nitrogens with one attached hydrogen (secondary N) is 2. The van der Waals surface area contributed by atoms with Crippen LogP contribution < -0.4 is 14.3 Å². The number of rotatable bonds is 9. The second-order valence-electron chi connectivity index (χ2n) is 8.74. The number of aromatic nitrogens is 2. The number of halogens is 4. The summed E-state index contributed by atoms with van der Waals surface area (Å²) in [5, 5.41) is 1.78. The molecule has 3 aromatic carbocycles. The Hall–Kier alpha value is -4.21. The second kappa shape index (κ2) is 12.0.